The number of carbonyl (C=O) groups excluding carboxylic acids is 1. The van der Waals surface area contributed by atoms with Gasteiger partial charge in [-0.15, -0.1) is 0 Å². The van der Waals surface area contributed by atoms with Crippen LogP contribution in [0.5, 0.6) is 11.5 Å². The monoisotopic (exact) mass is 328 g/mol. The molecule has 0 fully saturated rings. The second kappa shape index (κ2) is 4.18. The summed E-state index contributed by atoms with van der Waals surface area (Å²) in [5.41, 5.74) is -1.10. The van der Waals surface area contributed by atoms with Gasteiger partial charge in [0.05, 0.1) is 24.3 Å². The van der Waals surface area contributed by atoms with Crippen molar-refractivity contribution in [3.63, 3.8) is 0 Å². The Kier molecular flexibility index (Phi) is 2.37. The highest BCUT2D eigenvalue weighted by atomic mass is 16.7. The first-order valence-corrected chi connectivity index (χ1v) is 7.51. The number of ketones is 1. The highest BCUT2D eigenvalue weighted by Gasteiger charge is 2.53. The van der Waals surface area contributed by atoms with Gasteiger partial charge in [0.2, 0.25) is 0 Å². The third kappa shape index (κ3) is 1.41. The molecule has 122 valence electrons. The molecule has 5 rings (SSSR count). The average Bonchev–Trinajstić information content (AvgIpc) is 3.17. The van der Waals surface area contributed by atoms with Crippen molar-refractivity contribution in [2.75, 3.05) is 7.11 Å². The van der Waals surface area contributed by atoms with Gasteiger partial charge < -0.3 is 23.7 Å². The Bertz CT molecular complexity index is 1020. The van der Waals surface area contributed by atoms with E-state index < -0.39 is 17.5 Å². The summed E-state index contributed by atoms with van der Waals surface area (Å²) in [6.07, 6.45) is 2.54. The van der Waals surface area contributed by atoms with E-state index in [1.54, 1.807) is 6.07 Å². The van der Waals surface area contributed by atoms with Crippen LogP contribution in [-0.4, -0.2) is 24.3 Å². The fraction of sp³-hybridized carbons (Fsp3) is 0.294. The molecule has 2 aromatic rings. The van der Waals surface area contributed by atoms with Crippen LogP contribution in [0.4, 0.5) is 0 Å². The number of hydrogen-bond acceptors (Lipinski definition) is 7. The Hall–Kier alpha value is -2.80. The maximum absolute atomic E-state index is 12.3. The minimum atomic E-state index is -1.55. The van der Waals surface area contributed by atoms with Crippen LogP contribution in [0.15, 0.2) is 27.6 Å². The van der Waals surface area contributed by atoms with Crippen LogP contribution in [-0.2, 0) is 16.8 Å². The number of carbonyl (C=O) groups is 1. The first-order chi connectivity index (χ1) is 11.5. The molecule has 0 radical (unpaired) electrons. The summed E-state index contributed by atoms with van der Waals surface area (Å²) < 4.78 is 21.7. The zero-order valence-corrected chi connectivity index (χ0v) is 12.6. The summed E-state index contributed by atoms with van der Waals surface area (Å²) in [5.74, 6) is 0.509. The van der Waals surface area contributed by atoms with Crippen molar-refractivity contribution in [1.29, 1.82) is 0 Å². The first-order valence-electron chi connectivity index (χ1n) is 7.51. The van der Waals surface area contributed by atoms with Gasteiger partial charge in [0.1, 0.15) is 17.1 Å². The molecule has 3 heterocycles. The van der Waals surface area contributed by atoms with Gasteiger partial charge >= 0.3 is 5.63 Å². The zero-order chi connectivity index (χ0) is 16.6. The number of rotatable bonds is 1. The molecule has 0 saturated carbocycles. The van der Waals surface area contributed by atoms with Crippen LogP contribution in [0, 0.1) is 0 Å². The standard InChI is InChI=1S/C17H12O7/c1-21-9-6-10-13(17(20)4-5-22-16(17)23-10)14-12(9)7-2-3-8(18)11(7)15(19)24-14/h4-6,16,20H,2-3H2,1H3/t16-,17-/m0/s1. The summed E-state index contributed by atoms with van der Waals surface area (Å²) in [7, 11) is 1.48. The third-order valence-electron chi connectivity index (χ3n) is 4.83. The highest BCUT2D eigenvalue weighted by Crippen LogP contribution is 2.52. The molecule has 2 aliphatic heterocycles. The Labute approximate surface area is 135 Å². The lowest BCUT2D eigenvalue weighted by molar-refractivity contribution is -0.109. The molecular formula is C17H12O7. The van der Waals surface area contributed by atoms with E-state index in [9.17, 15) is 14.7 Å². The van der Waals surface area contributed by atoms with E-state index in [2.05, 4.69) is 0 Å². The van der Waals surface area contributed by atoms with E-state index in [0.717, 1.165) is 0 Å². The molecule has 24 heavy (non-hydrogen) atoms. The molecule has 0 unspecified atom stereocenters. The number of hydrogen-bond donors (Lipinski definition) is 1. The Balaban J connectivity index is 1.97. The Morgan fingerprint density at radius 1 is 1.33 bits per heavy atom. The molecule has 1 N–H and O–H groups in total. The SMILES string of the molecule is COc1cc2c(c3oc(=O)c4c(c13)CCC4=O)[C@@]1(O)C=CO[C@H]1O2. The predicted molar refractivity (Wildman–Crippen MR) is 80.2 cm³/mol. The highest BCUT2D eigenvalue weighted by molar-refractivity contribution is 6.06. The summed E-state index contributed by atoms with van der Waals surface area (Å²) in [5, 5.41) is 11.5. The number of aryl methyl sites for hydroxylation is 1. The Morgan fingerprint density at radius 2 is 2.17 bits per heavy atom. The quantitative estimate of drug-likeness (QED) is 0.790. The van der Waals surface area contributed by atoms with Crippen molar-refractivity contribution < 1.29 is 28.5 Å². The van der Waals surface area contributed by atoms with Gasteiger partial charge in [-0.2, -0.15) is 0 Å². The minimum Gasteiger partial charge on any atom is -0.496 e. The molecule has 0 bridgehead atoms. The van der Waals surface area contributed by atoms with Crippen molar-refractivity contribution in [3.8, 4) is 11.5 Å². The molecule has 7 nitrogen and oxygen atoms in total. The molecule has 0 amide bonds. The smallest absolute Gasteiger partial charge is 0.347 e. The van der Waals surface area contributed by atoms with Crippen molar-refractivity contribution in [1.82, 2.24) is 0 Å². The molecule has 1 aromatic heterocycles. The Morgan fingerprint density at radius 3 is 2.96 bits per heavy atom. The molecule has 1 aromatic carbocycles. The third-order valence-corrected chi connectivity index (χ3v) is 4.83. The van der Waals surface area contributed by atoms with E-state index in [0.29, 0.717) is 34.4 Å². The van der Waals surface area contributed by atoms with Crippen LogP contribution >= 0.6 is 0 Å². The van der Waals surface area contributed by atoms with Crippen molar-refractivity contribution in [2.45, 2.75) is 24.7 Å². The van der Waals surface area contributed by atoms with Gasteiger partial charge in [0, 0.05) is 12.5 Å². The van der Waals surface area contributed by atoms with Crippen LogP contribution in [0.25, 0.3) is 11.0 Å². The van der Waals surface area contributed by atoms with Gasteiger partial charge in [-0.05, 0) is 18.1 Å². The molecule has 0 saturated heterocycles. The summed E-state index contributed by atoms with van der Waals surface area (Å²) in [6.45, 7) is 0. The van der Waals surface area contributed by atoms with Crippen molar-refractivity contribution >= 4 is 16.8 Å². The van der Waals surface area contributed by atoms with Crippen molar-refractivity contribution in [2.24, 2.45) is 0 Å². The topological polar surface area (TPSA) is 95.2 Å². The van der Waals surface area contributed by atoms with E-state index in [-0.39, 0.29) is 23.4 Å². The lowest BCUT2D eigenvalue weighted by Gasteiger charge is -2.19. The number of ether oxygens (including phenoxy) is 3. The molecule has 7 heteroatoms. The summed E-state index contributed by atoms with van der Waals surface area (Å²) in [4.78, 5) is 24.3. The molecule has 1 aliphatic carbocycles. The number of Topliss-reactive ketones (excluding diaryl/α,β-unsaturated/α-hetero) is 1. The van der Waals surface area contributed by atoms with Crippen LogP contribution in [0.1, 0.15) is 27.9 Å². The van der Waals surface area contributed by atoms with Crippen LogP contribution in [0.2, 0.25) is 0 Å². The number of fused-ring (bicyclic) bond motifs is 7. The number of benzene rings is 1. The maximum Gasteiger partial charge on any atom is 0.347 e. The number of aliphatic hydroxyl groups is 1. The second-order valence-electron chi connectivity index (χ2n) is 6.04. The normalized spacial score (nSPS) is 26.1. The van der Waals surface area contributed by atoms with E-state index in [1.807, 2.05) is 0 Å². The minimum absolute atomic E-state index is 0.0708. The molecule has 2 atom stereocenters. The van der Waals surface area contributed by atoms with Gasteiger partial charge in [-0.25, -0.2) is 4.79 Å². The van der Waals surface area contributed by atoms with E-state index in [4.69, 9.17) is 18.6 Å². The lowest BCUT2D eigenvalue weighted by Crippen LogP contribution is -2.33. The van der Waals surface area contributed by atoms with E-state index in [1.165, 1.54) is 19.4 Å². The fourth-order valence-electron chi connectivity index (χ4n) is 3.75. The van der Waals surface area contributed by atoms with E-state index >= 15 is 0 Å². The van der Waals surface area contributed by atoms with Crippen LogP contribution in [0.3, 0.4) is 0 Å². The molecular weight excluding hydrogens is 316 g/mol. The molecule has 0 spiro atoms. The average molecular weight is 328 g/mol. The maximum atomic E-state index is 12.3. The van der Waals surface area contributed by atoms with Gasteiger partial charge in [-0.1, -0.05) is 0 Å². The fourth-order valence-corrected chi connectivity index (χ4v) is 3.75. The molecule has 3 aliphatic rings. The van der Waals surface area contributed by atoms with Crippen molar-refractivity contribution in [3.05, 3.63) is 45.5 Å². The van der Waals surface area contributed by atoms with Gasteiger partial charge in [0.25, 0.3) is 6.29 Å². The predicted octanol–water partition coefficient (Wildman–Crippen LogP) is 1.38. The number of methoxy groups -OCH3 is 1. The van der Waals surface area contributed by atoms with Gasteiger partial charge in [-0.3, -0.25) is 4.79 Å². The van der Waals surface area contributed by atoms with Crippen LogP contribution < -0.4 is 15.1 Å². The largest absolute Gasteiger partial charge is 0.496 e. The van der Waals surface area contributed by atoms with Gasteiger partial charge in [0.15, 0.2) is 17.0 Å². The summed E-state index contributed by atoms with van der Waals surface area (Å²) >= 11 is 0. The summed E-state index contributed by atoms with van der Waals surface area (Å²) in [6, 6.07) is 1.62. The first kappa shape index (κ1) is 13.6. The zero-order valence-electron chi connectivity index (χ0n) is 12.6. The second-order valence-corrected chi connectivity index (χ2v) is 6.04. The lowest BCUT2D eigenvalue weighted by atomic mass is 9.92.